The van der Waals surface area contributed by atoms with Crippen LogP contribution in [0.2, 0.25) is 0 Å². The van der Waals surface area contributed by atoms with Crippen LogP contribution >= 0.6 is 0 Å². The quantitative estimate of drug-likeness (QED) is 0.594. The maximum atomic E-state index is 14.7. The number of halogens is 3. The van der Waals surface area contributed by atoms with Crippen LogP contribution in [0.25, 0.3) is 11.3 Å². The van der Waals surface area contributed by atoms with Crippen LogP contribution in [0.5, 0.6) is 5.75 Å². The Morgan fingerprint density at radius 1 is 1.17 bits per heavy atom. The second kappa shape index (κ2) is 8.43. The third-order valence-electron chi connectivity index (χ3n) is 7.19. The van der Waals surface area contributed by atoms with Gasteiger partial charge in [-0.05, 0) is 32.0 Å². The van der Waals surface area contributed by atoms with Crippen LogP contribution in [-0.2, 0) is 0 Å². The first-order valence-corrected chi connectivity index (χ1v) is 11.6. The molecule has 0 aliphatic carbocycles. The van der Waals surface area contributed by atoms with Crippen molar-refractivity contribution in [2.24, 2.45) is 0 Å². The zero-order chi connectivity index (χ0) is 25.0. The Hall–Kier alpha value is -3.28. The van der Waals surface area contributed by atoms with Gasteiger partial charge in [-0.1, -0.05) is 6.07 Å². The van der Waals surface area contributed by atoms with E-state index in [1.54, 1.807) is 9.80 Å². The Morgan fingerprint density at radius 2 is 1.97 bits per heavy atom. The molecule has 3 aliphatic heterocycles. The molecule has 0 spiro atoms. The highest BCUT2D eigenvalue weighted by atomic mass is 19.3. The first-order chi connectivity index (χ1) is 16.6. The summed E-state index contributed by atoms with van der Waals surface area (Å²) in [5.74, 6) is -1.08. The third-order valence-corrected chi connectivity index (χ3v) is 7.19. The van der Waals surface area contributed by atoms with Crippen molar-refractivity contribution in [2.45, 2.75) is 31.4 Å². The van der Waals surface area contributed by atoms with Gasteiger partial charge >= 0.3 is 6.03 Å². The van der Waals surface area contributed by atoms with E-state index in [1.807, 2.05) is 13.8 Å². The van der Waals surface area contributed by atoms with Gasteiger partial charge in [-0.15, -0.1) is 10.2 Å². The van der Waals surface area contributed by atoms with E-state index < -0.39 is 29.1 Å². The van der Waals surface area contributed by atoms with Crippen molar-refractivity contribution in [3.8, 4) is 17.0 Å². The van der Waals surface area contributed by atoms with Crippen LogP contribution < -0.4 is 15.5 Å². The minimum absolute atomic E-state index is 0.114. The lowest BCUT2D eigenvalue weighted by Crippen LogP contribution is -2.73. The minimum atomic E-state index is -2.77. The first-order valence-electron chi connectivity index (χ1n) is 11.6. The van der Waals surface area contributed by atoms with Crippen molar-refractivity contribution in [2.75, 3.05) is 56.0 Å². The van der Waals surface area contributed by atoms with E-state index in [9.17, 15) is 23.1 Å². The molecule has 3 N–H and O–H groups in total. The predicted octanol–water partition coefficient (Wildman–Crippen LogP) is 2.34. The highest BCUT2D eigenvalue weighted by Gasteiger charge is 2.54. The van der Waals surface area contributed by atoms with E-state index in [2.05, 4.69) is 20.8 Å². The number of rotatable bonds is 2. The molecule has 2 fully saturated rings. The number of para-hydroxylation sites is 1. The van der Waals surface area contributed by atoms with Gasteiger partial charge < -0.3 is 30.4 Å². The van der Waals surface area contributed by atoms with Gasteiger partial charge in [-0.3, -0.25) is 0 Å². The molecule has 3 aliphatic rings. The van der Waals surface area contributed by atoms with Gasteiger partial charge in [0.1, 0.15) is 5.54 Å². The number of fused-ring (bicyclic) bond motifs is 3. The largest absolute Gasteiger partial charge is 0.504 e. The topological polar surface area (TPSA) is 96.9 Å². The second-order valence-corrected chi connectivity index (χ2v) is 9.85. The average molecular weight is 492 g/mol. The second-order valence-electron chi connectivity index (χ2n) is 9.85. The Balaban J connectivity index is 1.48. The molecule has 9 nitrogen and oxygen atoms in total. The lowest BCUT2D eigenvalue weighted by Gasteiger charge is -2.55. The molecule has 1 aromatic heterocycles. The highest BCUT2D eigenvalue weighted by Crippen LogP contribution is 2.42. The fraction of sp³-hybridized carbons (Fsp3) is 0.522. The van der Waals surface area contributed by atoms with Gasteiger partial charge in [-0.25, -0.2) is 18.0 Å². The van der Waals surface area contributed by atoms with Gasteiger partial charge in [0.15, 0.2) is 17.4 Å². The van der Waals surface area contributed by atoms with Crippen LogP contribution in [0, 0.1) is 5.82 Å². The van der Waals surface area contributed by atoms with Crippen molar-refractivity contribution >= 4 is 17.5 Å². The fourth-order valence-corrected chi connectivity index (χ4v) is 5.19. The molecule has 5 rings (SSSR count). The van der Waals surface area contributed by atoms with Crippen LogP contribution in [-0.4, -0.2) is 94.5 Å². The molecule has 1 aromatic carbocycles. The minimum Gasteiger partial charge on any atom is -0.504 e. The first kappa shape index (κ1) is 23.5. The zero-order valence-corrected chi connectivity index (χ0v) is 19.6. The summed E-state index contributed by atoms with van der Waals surface area (Å²) in [4.78, 5) is 18.3. The number of nitrogens with zero attached hydrogens (tertiary/aromatic N) is 5. The van der Waals surface area contributed by atoms with Crippen LogP contribution in [0.15, 0.2) is 24.3 Å². The van der Waals surface area contributed by atoms with Crippen molar-refractivity contribution < 1.29 is 23.1 Å². The van der Waals surface area contributed by atoms with Crippen molar-refractivity contribution in [3.05, 3.63) is 30.1 Å². The van der Waals surface area contributed by atoms with E-state index in [0.717, 1.165) is 6.07 Å². The van der Waals surface area contributed by atoms with Gasteiger partial charge in [0.05, 0.1) is 23.5 Å². The third kappa shape index (κ3) is 3.79. The number of hydrogen-bond acceptors (Lipinski definition) is 7. The van der Waals surface area contributed by atoms with E-state index in [-0.39, 0.29) is 43.5 Å². The fourth-order valence-electron chi connectivity index (χ4n) is 5.19. The van der Waals surface area contributed by atoms with Gasteiger partial charge in [0.25, 0.3) is 6.43 Å². The molecule has 12 heteroatoms. The van der Waals surface area contributed by atoms with Crippen LogP contribution in [0.3, 0.4) is 0 Å². The monoisotopic (exact) mass is 491 g/mol. The maximum Gasteiger partial charge on any atom is 0.320 e. The Morgan fingerprint density at radius 3 is 2.71 bits per heavy atom. The number of carbonyl (C=O) groups is 1. The molecule has 0 radical (unpaired) electrons. The molecule has 2 aromatic rings. The smallest absolute Gasteiger partial charge is 0.320 e. The number of amides is 2. The van der Waals surface area contributed by atoms with Gasteiger partial charge in [0.2, 0.25) is 0 Å². The summed E-state index contributed by atoms with van der Waals surface area (Å²) in [5, 5.41) is 24.5. The van der Waals surface area contributed by atoms with Crippen molar-refractivity contribution in [1.29, 1.82) is 0 Å². The van der Waals surface area contributed by atoms with E-state index in [1.165, 1.54) is 23.1 Å². The number of alkyl halides is 2. The summed E-state index contributed by atoms with van der Waals surface area (Å²) in [6.45, 7) is 5.83. The molecule has 35 heavy (non-hydrogen) atoms. The number of aromatic hydroxyl groups is 1. The lowest BCUT2D eigenvalue weighted by atomic mass is 9.90. The number of phenolic OH excluding ortho intramolecular Hbond substituents is 1. The number of urea groups is 1. The van der Waals surface area contributed by atoms with E-state index in [0.29, 0.717) is 31.1 Å². The summed E-state index contributed by atoms with van der Waals surface area (Å²) in [5.41, 5.74) is -1.46. The molecule has 188 valence electrons. The van der Waals surface area contributed by atoms with E-state index >= 15 is 0 Å². The molecule has 2 saturated heterocycles. The van der Waals surface area contributed by atoms with Gasteiger partial charge in [0, 0.05) is 44.8 Å². The Kier molecular flexibility index (Phi) is 5.65. The molecule has 0 bridgehead atoms. The number of nitrogens with one attached hydrogen (secondary N) is 2. The van der Waals surface area contributed by atoms with Crippen LogP contribution in [0.1, 0.15) is 13.8 Å². The van der Waals surface area contributed by atoms with Crippen LogP contribution in [0.4, 0.5) is 29.5 Å². The average Bonchev–Trinajstić information content (AvgIpc) is 2.84. The normalized spacial score (nSPS) is 23.5. The molecule has 2 amide bonds. The summed E-state index contributed by atoms with van der Waals surface area (Å²) in [6, 6.07) is 5.30. The lowest BCUT2D eigenvalue weighted by molar-refractivity contribution is 0.0119. The number of anilines is 2. The SMILES string of the molecule is CC1(C)CNCCN1C(=O)N1CCN2c3cc(-c4cccc(F)c4O)nnc3NC[C@]2(C(F)F)C1. The summed E-state index contributed by atoms with van der Waals surface area (Å²) in [7, 11) is 0. The molecular formula is C23H28F3N7O2. The molecule has 4 heterocycles. The number of carbonyl (C=O) groups excluding carboxylic acids is 1. The number of phenols is 1. The summed E-state index contributed by atoms with van der Waals surface area (Å²) in [6.07, 6.45) is -2.77. The van der Waals surface area contributed by atoms with E-state index in [4.69, 9.17) is 0 Å². The number of aromatic nitrogens is 2. The molecule has 0 saturated carbocycles. The Bertz CT molecular complexity index is 1150. The molecule has 1 atom stereocenters. The van der Waals surface area contributed by atoms with Crippen molar-refractivity contribution in [1.82, 2.24) is 25.3 Å². The van der Waals surface area contributed by atoms with Crippen molar-refractivity contribution in [3.63, 3.8) is 0 Å². The summed E-state index contributed by atoms with van der Waals surface area (Å²) >= 11 is 0. The highest BCUT2D eigenvalue weighted by molar-refractivity contribution is 5.79. The standard InChI is InChI=1S/C23H28F3N7O2/c1-22(2)11-27-6-7-33(22)21(35)31-8-9-32-17-10-16(14-4-3-5-15(24)18(14)34)29-30-19(17)28-12-23(32,13-31)20(25)26/h3-5,10,20,27,34H,6-9,11-13H2,1-2H3,(H,28,30)/t23-/m1/s1. The number of hydrogen-bond donors (Lipinski definition) is 3. The summed E-state index contributed by atoms with van der Waals surface area (Å²) < 4.78 is 43.4. The Labute approximate surface area is 200 Å². The maximum absolute atomic E-state index is 14.7. The predicted molar refractivity (Wildman–Crippen MR) is 124 cm³/mol. The number of benzene rings is 1. The zero-order valence-electron chi connectivity index (χ0n) is 19.6. The number of piperazine rings is 2. The molecular weight excluding hydrogens is 463 g/mol. The molecule has 0 unspecified atom stereocenters. The van der Waals surface area contributed by atoms with Gasteiger partial charge in [-0.2, -0.15) is 0 Å².